The third kappa shape index (κ3) is 4.43. The summed E-state index contributed by atoms with van der Waals surface area (Å²) in [4.78, 5) is 24.7. The van der Waals surface area contributed by atoms with Crippen molar-refractivity contribution in [1.29, 1.82) is 0 Å². The van der Waals surface area contributed by atoms with Crippen LogP contribution in [0.25, 0.3) is 66.7 Å². The lowest BCUT2D eigenvalue weighted by molar-refractivity contribution is 0.332. The fraction of sp³-hybridized carbons (Fsp3) is 0.205. The number of nitrogens with zero attached hydrogens (tertiary/aromatic N) is 5. The molecule has 0 saturated heterocycles. The van der Waals surface area contributed by atoms with Crippen molar-refractivity contribution in [2.75, 3.05) is 0 Å². The summed E-state index contributed by atoms with van der Waals surface area (Å²) in [6.07, 6.45) is 5.99. The van der Waals surface area contributed by atoms with Gasteiger partial charge in [0, 0.05) is 39.9 Å². The average Bonchev–Trinajstić information content (AvgIpc) is 3.06. The lowest BCUT2D eigenvalue weighted by Crippen LogP contribution is -2.33. The molecule has 214 valence electrons. The molecule has 0 unspecified atom stereocenters. The van der Waals surface area contributed by atoms with Gasteiger partial charge in [-0.1, -0.05) is 94.4 Å². The van der Waals surface area contributed by atoms with Crippen LogP contribution >= 0.6 is 0 Å². The van der Waals surface area contributed by atoms with Crippen molar-refractivity contribution in [2.45, 2.75) is 51.4 Å². The van der Waals surface area contributed by atoms with Crippen molar-refractivity contribution in [3.8, 4) is 34.2 Å². The molecule has 0 atom stereocenters. The quantitative estimate of drug-likeness (QED) is 0.198. The smallest absolute Gasteiger partial charge is 0.165 e. The Labute approximate surface area is 257 Å². The van der Waals surface area contributed by atoms with Crippen LogP contribution in [-0.2, 0) is 10.8 Å². The molecule has 0 radical (unpaired) electrons. The molecule has 0 amide bonds. The van der Waals surface area contributed by atoms with Gasteiger partial charge in [0.2, 0.25) is 0 Å². The summed E-state index contributed by atoms with van der Waals surface area (Å²) in [6.45, 7) is 9.41. The van der Waals surface area contributed by atoms with Gasteiger partial charge in [-0.3, -0.25) is 9.97 Å². The van der Waals surface area contributed by atoms with Gasteiger partial charge < -0.3 is 0 Å². The highest BCUT2D eigenvalue weighted by Crippen LogP contribution is 2.46. The molecule has 0 bridgehead atoms. The minimum absolute atomic E-state index is 0.0803. The molecule has 7 aromatic rings. The van der Waals surface area contributed by atoms with Crippen molar-refractivity contribution < 1.29 is 0 Å². The van der Waals surface area contributed by atoms with Crippen LogP contribution in [0.4, 0.5) is 0 Å². The van der Waals surface area contributed by atoms with E-state index in [2.05, 4.69) is 118 Å². The van der Waals surface area contributed by atoms with Crippen LogP contribution in [0, 0.1) is 0 Å². The van der Waals surface area contributed by atoms with Gasteiger partial charge >= 0.3 is 0 Å². The molecule has 1 aliphatic carbocycles. The lowest BCUT2D eigenvalue weighted by Gasteiger charge is -2.42. The van der Waals surface area contributed by atoms with Gasteiger partial charge in [-0.2, -0.15) is 0 Å². The number of aromatic nitrogens is 5. The topological polar surface area (TPSA) is 64.5 Å². The number of rotatable bonds is 3. The Bertz CT molecular complexity index is 2250. The number of pyridine rings is 2. The van der Waals surface area contributed by atoms with Crippen molar-refractivity contribution in [2.24, 2.45) is 0 Å². The predicted molar refractivity (Wildman–Crippen MR) is 180 cm³/mol. The molecule has 0 aliphatic heterocycles. The van der Waals surface area contributed by atoms with Crippen molar-refractivity contribution in [3.63, 3.8) is 0 Å². The second kappa shape index (κ2) is 9.75. The van der Waals surface area contributed by atoms with E-state index in [1.807, 2.05) is 18.5 Å². The van der Waals surface area contributed by atoms with E-state index in [0.29, 0.717) is 17.5 Å². The molecule has 0 spiro atoms. The standard InChI is InChI=1S/C39H33N5/c1-38(2)17-18-39(3,4)32-22-29(15-16-31(32)38)36-42-35(28-14-11-24-8-5-6-9-26(24)20-28)43-37(44-36)30-21-27-13-12-25-10-7-19-40-33(25)34(27)41-23-30/h5-16,19-23H,17-18H2,1-4H3. The summed E-state index contributed by atoms with van der Waals surface area (Å²) in [6, 6.07) is 31.9. The molecule has 8 rings (SSSR count). The summed E-state index contributed by atoms with van der Waals surface area (Å²) in [5.41, 5.74) is 7.59. The SMILES string of the molecule is CC1(C)CCC(C)(C)c2cc(-c3nc(-c4ccc5ccccc5c4)nc(-c4cnc5c(ccc6cccnc65)c4)n3)ccc21. The number of hydrogen-bond acceptors (Lipinski definition) is 5. The van der Waals surface area contributed by atoms with E-state index in [4.69, 9.17) is 19.9 Å². The zero-order valence-corrected chi connectivity index (χ0v) is 25.5. The maximum atomic E-state index is 5.09. The van der Waals surface area contributed by atoms with E-state index in [1.165, 1.54) is 22.9 Å². The van der Waals surface area contributed by atoms with Crippen LogP contribution in [0.2, 0.25) is 0 Å². The first-order valence-corrected chi connectivity index (χ1v) is 15.3. The molecule has 4 aromatic carbocycles. The fourth-order valence-electron chi connectivity index (χ4n) is 6.68. The van der Waals surface area contributed by atoms with Gasteiger partial charge in [-0.05, 0) is 69.8 Å². The number of hydrogen-bond donors (Lipinski definition) is 0. The zero-order valence-electron chi connectivity index (χ0n) is 25.5. The first-order chi connectivity index (χ1) is 21.2. The van der Waals surface area contributed by atoms with E-state index < -0.39 is 0 Å². The minimum Gasteiger partial charge on any atom is -0.254 e. The van der Waals surface area contributed by atoms with Crippen LogP contribution in [0.1, 0.15) is 51.7 Å². The second-order valence-electron chi connectivity index (χ2n) is 13.3. The number of fused-ring (bicyclic) bond motifs is 5. The molecule has 0 saturated carbocycles. The Balaban J connectivity index is 1.33. The molecule has 0 N–H and O–H groups in total. The van der Waals surface area contributed by atoms with E-state index in [-0.39, 0.29) is 10.8 Å². The van der Waals surface area contributed by atoms with Gasteiger partial charge in [-0.25, -0.2) is 15.0 Å². The fourth-order valence-corrected chi connectivity index (χ4v) is 6.68. The molecule has 44 heavy (non-hydrogen) atoms. The Morgan fingerprint density at radius 2 is 1.05 bits per heavy atom. The first-order valence-electron chi connectivity index (χ1n) is 15.3. The summed E-state index contributed by atoms with van der Waals surface area (Å²) >= 11 is 0. The van der Waals surface area contributed by atoms with Crippen molar-refractivity contribution in [1.82, 2.24) is 24.9 Å². The van der Waals surface area contributed by atoms with Gasteiger partial charge in [-0.15, -0.1) is 0 Å². The highest BCUT2D eigenvalue weighted by atomic mass is 15.0. The van der Waals surface area contributed by atoms with Crippen molar-refractivity contribution in [3.05, 3.63) is 115 Å². The Hall–Kier alpha value is -5.03. The molecule has 0 fully saturated rings. The van der Waals surface area contributed by atoms with Crippen molar-refractivity contribution >= 4 is 32.6 Å². The molecular weight excluding hydrogens is 538 g/mol. The van der Waals surface area contributed by atoms with E-state index in [1.54, 1.807) is 0 Å². The first kappa shape index (κ1) is 26.6. The van der Waals surface area contributed by atoms with Gasteiger partial charge in [0.05, 0.1) is 11.0 Å². The molecule has 1 aliphatic rings. The summed E-state index contributed by atoms with van der Waals surface area (Å²) in [5.74, 6) is 1.92. The third-order valence-corrected chi connectivity index (χ3v) is 9.44. The highest BCUT2D eigenvalue weighted by Gasteiger charge is 2.37. The van der Waals surface area contributed by atoms with Gasteiger partial charge in [0.1, 0.15) is 0 Å². The van der Waals surface area contributed by atoms with Gasteiger partial charge in [0.15, 0.2) is 17.5 Å². The summed E-state index contributed by atoms with van der Waals surface area (Å²) in [5, 5.41) is 4.41. The van der Waals surface area contributed by atoms with E-state index in [0.717, 1.165) is 50.3 Å². The molecule has 3 heterocycles. The molecule has 5 nitrogen and oxygen atoms in total. The Morgan fingerprint density at radius 3 is 1.84 bits per heavy atom. The van der Waals surface area contributed by atoms with Gasteiger partial charge in [0.25, 0.3) is 0 Å². The van der Waals surface area contributed by atoms with Crippen LogP contribution in [-0.4, -0.2) is 24.9 Å². The minimum atomic E-state index is 0.0803. The Morgan fingerprint density at radius 1 is 0.477 bits per heavy atom. The third-order valence-electron chi connectivity index (χ3n) is 9.44. The summed E-state index contributed by atoms with van der Waals surface area (Å²) < 4.78 is 0. The average molecular weight is 572 g/mol. The van der Waals surface area contributed by atoms with Crippen LogP contribution < -0.4 is 0 Å². The van der Waals surface area contributed by atoms with E-state index >= 15 is 0 Å². The lowest BCUT2D eigenvalue weighted by atomic mass is 9.63. The Kier molecular flexibility index (Phi) is 5.89. The van der Waals surface area contributed by atoms with E-state index in [9.17, 15) is 0 Å². The van der Waals surface area contributed by atoms with Crippen LogP contribution in [0.15, 0.2) is 103 Å². The molecule has 3 aromatic heterocycles. The van der Waals surface area contributed by atoms with Crippen LogP contribution in [0.5, 0.6) is 0 Å². The largest absolute Gasteiger partial charge is 0.254 e. The predicted octanol–water partition coefficient (Wildman–Crippen LogP) is 9.47. The number of benzene rings is 4. The summed E-state index contributed by atoms with van der Waals surface area (Å²) in [7, 11) is 0. The normalized spacial score (nSPS) is 15.5. The maximum Gasteiger partial charge on any atom is 0.165 e. The second-order valence-corrected chi connectivity index (χ2v) is 13.3. The van der Waals surface area contributed by atoms with Crippen LogP contribution in [0.3, 0.4) is 0 Å². The highest BCUT2D eigenvalue weighted by molar-refractivity contribution is 6.03. The molecular formula is C39H33N5. The zero-order chi connectivity index (χ0) is 30.1. The monoisotopic (exact) mass is 571 g/mol. The maximum absolute atomic E-state index is 5.09. The molecule has 5 heteroatoms.